The predicted molar refractivity (Wildman–Crippen MR) is 87.0 cm³/mol. The minimum Gasteiger partial charge on any atom is -0.390 e. The van der Waals surface area contributed by atoms with Gasteiger partial charge in [0.2, 0.25) is 0 Å². The van der Waals surface area contributed by atoms with E-state index in [-0.39, 0.29) is 6.54 Å². The van der Waals surface area contributed by atoms with Crippen molar-refractivity contribution in [2.75, 3.05) is 19.6 Å². The molecule has 0 amide bonds. The topological polar surface area (TPSA) is 71.5 Å². The average Bonchev–Trinajstić information content (AvgIpc) is 2.91. The Labute approximate surface area is 135 Å². The van der Waals surface area contributed by atoms with Crippen LogP contribution in [-0.4, -0.2) is 45.5 Å². The molecule has 0 aliphatic carbocycles. The van der Waals surface area contributed by atoms with Crippen LogP contribution in [0.5, 0.6) is 0 Å². The fraction of sp³-hybridized carbons (Fsp3) is 0.529. The third-order valence-electron chi connectivity index (χ3n) is 4.46. The number of nitrogens with zero attached hydrogens (tertiary/aromatic N) is 3. The Balaban J connectivity index is 1.68. The fourth-order valence-corrected chi connectivity index (χ4v) is 3.04. The number of aromatic nitrogens is 2. The van der Waals surface area contributed by atoms with Crippen LogP contribution in [0.4, 0.5) is 0 Å². The van der Waals surface area contributed by atoms with E-state index in [4.69, 9.17) is 4.52 Å². The highest BCUT2D eigenvalue weighted by Gasteiger charge is 2.21. The van der Waals surface area contributed by atoms with Crippen LogP contribution in [0, 0.1) is 5.92 Å². The quantitative estimate of drug-likeness (QED) is 0.907. The number of hydrogen-bond acceptors (Lipinski definition) is 5. The zero-order valence-electron chi connectivity index (χ0n) is 13.4. The Morgan fingerprint density at radius 2 is 1.96 bits per heavy atom. The van der Waals surface area contributed by atoms with Crippen LogP contribution >= 0.6 is 0 Å². The Morgan fingerprint density at radius 3 is 2.65 bits per heavy atom. The monoisotopic (exact) mass is 317 g/mol. The Kier molecular flexibility index (Phi) is 4.93. The van der Waals surface area contributed by atoms with Crippen LogP contribution in [0.25, 0.3) is 11.4 Å². The Morgan fingerprint density at radius 1 is 1.26 bits per heavy atom. The molecule has 1 fully saturated rings. The van der Waals surface area contributed by atoms with Crippen molar-refractivity contribution in [3.8, 4) is 11.4 Å². The van der Waals surface area contributed by atoms with E-state index in [9.17, 15) is 9.90 Å². The van der Waals surface area contributed by atoms with Crippen LogP contribution in [0.3, 0.4) is 0 Å². The number of hydrogen-bond donors (Lipinski definition) is 1. The molecule has 1 aliphatic heterocycles. The van der Waals surface area contributed by atoms with Crippen LogP contribution in [0.2, 0.25) is 0 Å². The number of likely N-dealkylation sites (tertiary alicyclic amines) is 1. The average molecular weight is 317 g/mol. The van der Waals surface area contributed by atoms with Gasteiger partial charge in [-0.05, 0) is 31.8 Å². The molecular formula is C17H23N3O3. The lowest BCUT2D eigenvalue weighted by Gasteiger charge is -2.31. The zero-order chi connectivity index (χ0) is 16.2. The highest BCUT2D eigenvalue weighted by Crippen LogP contribution is 2.17. The number of benzene rings is 1. The van der Waals surface area contributed by atoms with Gasteiger partial charge in [-0.25, -0.2) is 4.79 Å². The van der Waals surface area contributed by atoms with Crippen molar-refractivity contribution in [3.63, 3.8) is 0 Å². The van der Waals surface area contributed by atoms with E-state index in [1.165, 1.54) is 4.57 Å². The van der Waals surface area contributed by atoms with Gasteiger partial charge in [0.05, 0.1) is 12.6 Å². The number of aliphatic hydroxyl groups excluding tert-OH is 1. The second-order valence-electron chi connectivity index (χ2n) is 6.39. The molecule has 23 heavy (non-hydrogen) atoms. The summed E-state index contributed by atoms with van der Waals surface area (Å²) in [5.41, 5.74) is 0.803. The first-order valence-corrected chi connectivity index (χ1v) is 8.16. The van der Waals surface area contributed by atoms with Gasteiger partial charge < -0.3 is 10.0 Å². The van der Waals surface area contributed by atoms with Crippen LogP contribution in [-0.2, 0) is 6.54 Å². The van der Waals surface area contributed by atoms with Gasteiger partial charge in [-0.1, -0.05) is 42.4 Å². The zero-order valence-corrected chi connectivity index (χ0v) is 13.4. The second kappa shape index (κ2) is 7.10. The molecule has 0 bridgehead atoms. The van der Waals surface area contributed by atoms with E-state index >= 15 is 0 Å². The van der Waals surface area contributed by atoms with Gasteiger partial charge in [0.15, 0.2) is 5.82 Å². The minimum atomic E-state index is -0.622. The molecule has 2 aromatic rings. The van der Waals surface area contributed by atoms with Crippen molar-refractivity contribution < 1.29 is 9.63 Å². The molecule has 2 heterocycles. The molecule has 1 aliphatic rings. The molecule has 1 aromatic heterocycles. The highest BCUT2D eigenvalue weighted by molar-refractivity contribution is 5.54. The number of piperidine rings is 1. The van der Waals surface area contributed by atoms with E-state index in [0.29, 0.717) is 12.4 Å². The molecule has 6 heteroatoms. The largest absolute Gasteiger partial charge is 0.441 e. The standard InChI is InChI=1S/C17H23N3O3/c1-13-7-9-19(10-8-13)11-15(21)12-20-16(18-23-17(20)22)14-5-3-2-4-6-14/h2-6,13,15,21H,7-12H2,1H3/t15-/m0/s1. The number of rotatable bonds is 5. The molecule has 124 valence electrons. The highest BCUT2D eigenvalue weighted by atomic mass is 16.5. The van der Waals surface area contributed by atoms with Gasteiger partial charge in [-0.3, -0.25) is 9.09 Å². The summed E-state index contributed by atoms with van der Waals surface area (Å²) in [5.74, 6) is 0.686. The number of β-amino-alcohol motifs (C(OH)–C–C–N with tert-alkyl or cyclic N) is 1. The SMILES string of the molecule is CC1CCN(C[C@H](O)Cn2c(-c3ccccc3)noc2=O)CC1. The van der Waals surface area contributed by atoms with Gasteiger partial charge in [0.1, 0.15) is 0 Å². The molecule has 1 aromatic carbocycles. The Hall–Kier alpha value is -1.92. The molecule has 0 unspecified atom stereocenters. The third kappa shape index (κ3) is 3.89. The third-order valence-corrected chi connectivity index (χ3v) is 4.46. The lowest BCUT2D eigenvalue weighted by Crippen LogP contribution is -2.40. The summed E-state index contributed by atoms with van der Waals surface area (Å²) in [4.78, 5) is 14.1. The fourth-order valence-electron chi connectivity index (χ4n) is 3.04. The van der Waals surface area contributed by atoms with Crippen molar-refractivity contribution >= 4 is 0 Å². The minimum absolute atomic E-state index is 0.193. The van der Waals surface area contributed by atoms with Crippen molar-refractivity contribution in [2.45, 2.75) is 32.4 Å². The summed E-state index contributed by atoms with van der Waals surface area (Å²) in [5, 5.41) is 14.2. The van der Waals surface area contributed by atoms with Gasteiger partial charge in [-0.2, -0.15) is 0 Å². The van der Waals surface area contributed by atoms with Crippen molar-refractivity contribution in [1.29, 1.82) is 0 Å². The molecule has 1 atom stereocenters. The van der Waals surface area contributed by atoms with E-state index in [1.807, 2.05) is 30.3 Å². The summed E-state index contributed by atoms with van der Waals surface area (Å²) >= 11 is 0. The van der Waals surface area contributed by atoms with Gasteiger partial charge in [0.25, 0.3) is 0 Å². The maximum absolute atomic E-state index is 11.9. The lowest BCUT2D eigenvalue weighted by atomic mass is 9.99. The van der Waals surface area contributed by atoms with Crippen molar-refractivity contribution in [3.05, 3.63) is 40.9 Å². The molecule has 0 spiro atoms. The predicted octanol–water partition coefficient (Wildman–Crippen LogP) is 1.60. The van der Waals surface area contributed by atoms with Gasteiger partial charge in [0, 0.05) is 12.1 Å². The molecule has 3 rings (SSSR count). The molecule has 6 nitrogen and oxygen atoms in total. The van der Waals surface area contributed by atoms with E-state index in [0.717, 1.165) is 37.4 Å². The van der Waals surface area contributed by atoms with Gasteiger partial charge in [-0.15, -0.1) is 0 Å². The normalized spacial score (nSPS) is 18.2. The maximum Gasteiger partial charge on any atom is 0.441 e. The number of aliphatic hydroxyl groups is 1. The smallest absolute Gasteiger partial charge is 0.390 e. The molecule has 0 radical (unpaired) electrons. The molecule has 1 saturated heterocycles. The Bertz CT molecular complexity index is 672. The van der Waals surface area contributed by atoms with Crippen LogP contribution < -0.4 is 5.76 Å². The van der Waals surface area contributed by atoms with Gasteiger partial charge >= 0.3 is 5.76 Å². The molecule has 1 N–H and O–H groups in total. The maximum atomic E-state index is 11.9. The van der Waals surface area contributed by atoms with Crippen molar-refractivity contribution in [2.24, 2.45) is 5.92 Å². The summed E-state index contributed by atoms with van der Waals surface area (Å²) in [6.45, 7) is 5.03. The summed E-state index contributed by atoms with van der Waals surface area (Å²) in [7, 11) is 0. The van der Waals surface area contributed by atoms with E-state index < -0.39 is 11.9 Å². The van der Waals surface area contributed by atoms with Crippen molar-refractivity contribution in [1.82, 2.24) is 14.6 Å². The van der Waals surface area contributed by atoms with Crippen LogP contribution in [0.15, 0.2) is 39.6 Å². The van der Waals surface area contributed by atoms with E-state index in [2.05, 4.69) is 17.0 Å². The van der Waals surface area contributed by atoms with E-state index in [1.54, 1.807) is 0 Å². The van der Waals surface area contributed by atoms with Crippen LogP contribution in [0.1, 0.15) is 19.8 Å². The first-order chi connectivity index (χ1) is 11.1. The summed E-state index contributed by atoms with van der Waals surface area (Å²) in [6, 6.07) is 9.39. The molecule has 0 saturated carbocycles. The summed E-state index contributed by atoms with van der Waals surface area (Å²) in [6.07, 6.45) is 1.70. The first kappa shape index (κ1) is 16.0. The lowest BCUT2D eigenvalue weighted by molar-refractivity contribution is 0.0790. The first-order valence-electron chi connectivity index (χ1n) is 8.16. The second-order valence-corrected chi connectivity index (χ2v) is 6.39. The molecular weight excluding hydrogens is 294 g/mol. The summed E-state index contributed by atoms with van der Waals surface area (Å²) < 4.78 is 6.20.